The second-order valence-corrected chi connectivity index (χ2v) is 12.6. The third-order valence-electron chi connectivity index (χ3n) is 9.39. The lowest BCUT2D eigenvalue weighted by Crippen LogP contribution is -2.51. The molecule has 0 bridgehead atoms. The van der Waals surface area contributed by atoms with Crippen molar-refractivity contribution in [3.63, 3.8) is 0 Å². The van der Waals surface area contributed by atoms with E-state index in [4.69, 9.17) is 14.5 Å². The molecule has 0 unspecified atom stereocenters. The molecular formula is C32H40F3N3O4. The maximum atomic E-state index is 14.5. The topological polar surface area (TPSA) is 83.9 Å². The van der Waals surface area contributed by atoms with E-state index < -0.39 is 35.3 Å². The van der Waals surface area contributed by atoms with Crippen LogP contribution in [0.1, 0.15) is 85.9 Å². The molecule has 1 spiro atoms. The number of aryl methyl sites for hydroxylation is 2. The van der Waals surface area contributed by atoms with Crippen molar-refractivity contribution in [2.24, 2.45) is 5.41 Å². The summed E-state index contributed by atoms with van der Waals surface area (Å²) in [5.74, 6) is -3.18. The molecule has 3 fully saturated rings. The average Bonchev–Trinajstić information content (AvgIpc) is 3.40. The first-order chi connectivity index (χ1) is 20.2. The van der Waals surface area contributed by atoms with Crippen molar-refractivity contribution in [2.45, 2.75) is 88.4 Å². The van der Waals surface area contributed by atoms with Crippen LogP contribution in [-0.2, 0) is 27.1 Å². The molecule has 4 aliphatic rings. The fourth-order valence-corrected chi connectivity index (χ4v) is 7.29. The Balaban J connectivity index is 1.02. The number of carboxylic acid groups (broad SMARTS) is 1. The monoisotopic (exact) mass is 587 g/mol. The summed E-state index contributed by atoms with van der Waals surface area (Å²) in [4.78, 5) is 19.1. The summed E-state index contributed by atoms with van der Waals surface area (Å²) in [7, 11) is 0. The zero-order chi connectivity index (χ0) is 29.3. The van der Waals surface area contributed by atoms with Crippen LogP contribution in [0, 0.1) is 11.2 Å². The maximum absolute atomic E-state index is 14.5. The zero-order valence-corrected chi connectivity index (χ0v) is 23.9. The molecule has 10 heteroatoms. The van der Waals surface area contributed by atoms with Crippen LogP contribution in [0.25, 0.3) is 0 Å². The number of aliphatic carboxylic acids is 1. The Bertz CT molecular complexity index is 1270. The number of aromatic nitrogens is 1. The number of nitrogens with zero attached hydrogens (tertiary/aromatic N) is 2. The third kappa shape index (κ3) is 6.45. The molecular weight excluding hydrogens is 547 g/mol. The molecule has 0 radical (unpaired) electrons. The predicted octanol–water partition coefficient (Wildman–Crippen LogP) is 6.09. The van der Waals surface area contributed by atoms with Crippen LogP contribution < -0.4 is 5.32 Å². The number of anilines is 1. The van der Waals surface area contributed by atoms with E-state index >= 15 is 0 Å². The molecule has 2 aromatic rings. The van der Waals surface area contributed by atoms with Crippen LogP contribution in [-0.4, -0.2) is 65.8 Å². The number of rotatable bonds is 10. The van der Waals surface area contributed by atoms with E-state index in [0.29, 0.717) is 50.1 Å². The van der Waals surface area contributed by atoms with Crippen LogP contribution >= 0.6 is 0 Å². The van der Waals surface area contributed by atoms with Crippen molar-refractivity contribution in [3.05, 3.63) is 58.5 Å². The van der Waals surface area contributed by atoms with Gasteiger partial charge in [-0.1, -0.05) is 12.1 Å². The number of halogens is 3. The van der Waals surface area contributed by atoms with E-state index in [1.54, 1.807) is 6.07 Å². The predicted molar refractivity (Wildman–Crippen MR) is 151 cm³/mol. The van der Waals surface area contributed by atoms with Crippen molar-refractivity contribution < 1.29 is 32.5 Å². The fraction of sp³-hybridized carbons (Fsp3) is 0.625. The molecule has 4 heterocycles. The Hall–Kier alpha value is -2.69. The molecule has 6 rings (SSSR count). The first-order valence-electron chi connectivity index (χ1n) is 15.3. The van der Waals surface area contributed by atoms with Crippen molar-refractivity contribution >= 4 is 11.8 Å². The molecule has 228 valence electrons. The van der Waals surface area contributed by atoms with Gasteiger partial charge >= 0.3 is 5.97 Å². The number of fused-ring (bicyclic) bond motifs is 1. The van der Waals surface area contributed by atoms with Gasteiger partial charge in [0, 0.05) is 50.2 Å². The molecule has 1 aromatic heterocycles. The molecule has 7 nitrogen and oxygen atoms in total. The Labute approximate surface area is 244 Å². The number of benzene rings is 1. The summed E-state index contributed by atoms with van der Waals surface area (Å²) >= 11 is 0. The number of unbranched alkanes of at least 4 members (excludes halogenated alkanes) is 1. The number of hydrogen-bond acceptors (Lipinski definition) is 6. The lowest BCUT2D eigenvalue weighted by atomic mass is 9.62. The summed E-state index contributed by atoms with van der Waals surface area (Å²) in [6.07, 6.45) is 5.83. The van der Waals surface area contributed by atoms with Gasteiger partial charge in [0.2, 0.25) is 5.92 Å². The van der Waals surface area contributed by atoms with Crippen molar-refractivity contribution in [1.29, 1.82) is 0 Å². The van der Waals surface area contributed by atoms with E-state index in [-0.39, 0.29) is 25.6 Å². The number of alkyl halides is 2. The number of ether oxygens (including phenoxy) is 2. The van der Waals surface area contributed by atoms with Gasteiger partial charge in [-0.2, -0.15) is 0 Å². The van der Waals surface area contributed by atoms with Gasteiger partial charge < -0.3 is 19.9 Å². The minimum absolute atomic E-state index is 0.0963. The average molecular weight is 588 g/mol. The van der Waals surface area contributed by atoms with Crippen LogP contribution in [0.15, 0.2) is 30.3 Å². The summed E-state index contributed by atoms with van der Waals surface area (Å²) in [5, 5.41) is 13.6. The van der Waals surface area contributed by atoms with Gasteiger partial charge in [-0.3, -0.25) is 9.69 Å². The molecule has 0 amide bonds. The van der Waals surface area contributed by atoms with Gasteiger partial charge in [-0.15, -0.1) is 0 Å². The molecule has 2 N–H and O–H groups in total. The first-order valence-corrected chi connectivity index (χ1v) is 15.3. The number of likely N-dealkylation sites (tertiary alicyclic amines) is 1. The van der Waals surface area contributed by atoms with Crippen LogP contribution in [0.4, 0.5) is 19.0 Å². The summed E-state index contributed by atoms with van der Waals surface area (Å²) in [5.41, 5.74) is 2.85. The van der Waals surface area contributed by atoms with Crippen molar-refractivity contribution in [1.82, 2.24) is 9.88 Å². The molecule has 2 saturated heterocycles. The number of nitrogens with one attached hydrogen (secondary N) is 1. The molecule has 3 aliphatic heterocycles. The van der Waals surface area contributed by atoms with E-state index in [2.05, 4.69) is 17.4 Å². The van der Waals surface area contributed by atoms with E-state index in [9.17, 15) is 23.1 Å². The fourth-order valence-electron chi connectivity index (χ4n) is 7.29. The van der Waals surface area contributed by atoms with Gasteiger partial charge in [-0.05, 0) is 86.3 Å². The third-order valence-corrected chi connectivity index (χ3v) is 9.39. The smallest absolute Gasteiger partial charge is 0.325 e. The Kier molecular flexibility index (Phi) is 8.49. The SMILES string of the molecule is O=C(O)[C@H](c1cc(F)ccc1[C@H]1CCC2(CO1)CC(F)(F)C2)N1CC[C@@H](OCCCCc2ccc3c(n2)NCCC3)C1. The molecule has 1 aromatic carbocycles. The lowest BCUT2D eigenvalue weighted by Gasteiger charge is -2.51. The van der Waals surface area contributed by atoms with Gasteiger partial charge in [0.15, 0.2) is 0 Å². The second kappa shape index (κ2) is 12.1. The van der Waals surface area contributed by atoms with Gasteiger partial charge in [0.05, 0.1) is 18.8 Å². The highest BCUT2D eigenvalue weighted by molar-refractivity contribution is 5.76. The summed E-state index contributed by atoms with van der Waals surface area (Å²) in [6.45, 7) is 2.72. The molecule has 3 atom stereocenters. The van der Waals surface area contributed by atoms with Crippen molar-refractivity contribution in [2.75, 3.05) is 38.2 Å². The standard InChI is InChI=1S/C32H40F3N3O4/c33-22-7-9-25(27-10-12-31(20-42-27)18-32(34,35)19-31)26(16-22)28(30(39)40)38-14-11-24(17-38)41-15-2-1-5-23-8-6-21-4-3-13-36-29(21)37-23/h6-9,16,24,27-28H,1-5,10-15,17-20H2,(H,36,37)(H,39,40)/t24-,27-,28+/m1/s1. The Morgan fingerprint density at radius 2 is 2.07 bits per heavy atom. The van der Waals surface area contributed by atoms with Crippen molar-refractivity contribution in [3.8, 4) is 0 Å². The van der Waals surface area contributed by atoms with Gasteiger partial charge in [0.1, 0.15) is 17.7 Å². The highest BCUT2D eigenvalue weighted by Crippen LogP contribution is 2.58. The Morgan fingerprint density at radius 1 is 1.21 bits per heavy atom. The number of carbonyl (C=O) groups is 1. The van der Waals surface area contributed by atoms with Crippen LogP contribution in [0.5, 0.6) is 0 Å². The molecule has 1 saturated carbocycles. The summed E-state index contributed by atoms with van der Waals surface area (Å²) in [6, 6.07) is 7.43. The second-order valence-electron chi connectivity index (χ2n) is 12.6. The maximum Gasteiger partial charge on any atom is 0.325 e. The lowest BCUT2D eigenvalue weighted by molar-refractivity contribution is -0.212. The minimum atomic E-state index is -2.63. The first kappa shape index (κ1) is 29.4. The minimum Gasteiger partial charge on any atom is -0.480 e. The van der Waals surface area contributed by atoms with E-state index in [1.165, 1.54) is 17.7 Å². The van der Waals surface area contributed by atoms with Crippen LogP contribution in [0.3, 0.4) is 0 Å². The molecule has 42 heavy (non-hydrogen) atoms. The molecule has 1 aliphatic carbocycles. The Morgan fingerprint density at radius 3 is 2.83 bits per heavy atom. The number of carboxylic acids is 1. The highest BCUT2D eigenvalue weighted by atomic mass is 19.3. The van der Waals surface area contributed by atoms with Crippen LogP contribution in [0.2, 0.25) is 0 Å². The normalized spacial score (nSPS) is 25.4. The highest BCUT2D eigenvalue weighted by Gasteiger charge is 2.57. The van der Waals surface area contributed by atoms with E-state index in [0.717, 1.165) is 50.2 Å². The zero-order valence-electron chi connectivity index (χ0n) is 23.9. The largest absolute Gasteiger partial charge is 0.480 e. The van der Waals surface area contributed by atoms with Gasteiger partial charge in [-0.25, -0.2) is 18.2 Å². The number of pyridine rings is 1. The quantitative estimate of drug-likeness (QED) is 0.326. The van der Waals surface area contributed by atoms with E-state index in [1.807, 2.05) is 4.90 Å². The van der Waals surface area contributed by atoms with Gasteiger partial charge in [0.25, 0.3) is 0 Å². The number of hydrogen-bond donors (Lipinski definition) is 2. The summed E-state index contributed by atoms with van der Waals surface area (Å²) < 4.78 is 53.7.